The van der Waals surface area contributed by atoms with E-state index in [2.05, 4.69) is 15.5 Å². The minimum absolute atomic E-state index is 0. The maximum atomic E-state index is 12.2. The minimum atomic E-state index is 0. The summed E-state index contributed by atoms with van der Waals surface area (Å²) in [5.74, 6) is 1.36. The van der Waals surface area contributed by atoms with Gasteiger partial charge in [0.05, 0.1) is 0 Å². The Labute approximate surface area is 113 Å². The Morgan fingerprint density at radius 3 is 2.67 bits per heavy atom. The number of carbonyl (C=O) groups excluding carboxylic acids is 1. The van der Waals surface area contributed by atoms with Gasteiger partial charge in [0.15, 0.2) is 0 Å². The van der Waals surface area contributed by atoms with Crippen molar-refractivity contribution in [2.24, 2.45) is 11.8 Å². The fraction of sp³-hybridized carbons (Fsp3) is 0.667. The van der Waals surface area contributed by atoms with Crippen molar-refractivity contribution in [1.82, 2.24) is 20.4 Å². The van der Waals surface area contributed by atoms with Crippen LogP contribution in [0.1, 0.15) is 23.1 Å². The molecule has 0 aromatic carbocycles. The van der Waals surface area contributed by atoms with Crippen LogP contribution in [0.3, 0.4) is 0 Å². The summed E-state index contributed by atoms with van der Waals surface area (Å²) in [6.45, 7) is 5.91. The third-order valence-electron chi connectivity index (χ3n) is 3.91. The molecule has 0 saturated carbocycles. The van der Waals surface area contributed by atoms with E-state index < -0.39 is 0 Å². The lowest BCUT2D eigenvalue weighted by molar-refractivity contribution is 0.0776. The van der Waals surface area contributed by atoms with Crippen LogP contribution in [0.2, 0.25) is 0 Å². The fourth-order valence-corrected chi connectivity index (χ4v) is 2.84. The molecule has 2 fully saturated rings. The molecule has 1 aromatic rings. The molecule has 2 aliphatic rings. The van der Waals surface area contributed by atoms with Crippen LogP contribution in [0.4, 0.5) is 0 Å². The van der Waals surface area contributed by atoms with Crippen molar-refractivity contribution in [3.63, 3.8) is 0 Å². The van der Waals surface area contributed by atoms with E-state index in [1.807, 2.05) is 17.9 Å². The number of hydrogen-bond donors (Lipinski definition) is 2. The topological polar surface area (TPSA) is 61.0 Å². The average molecular weight is 271 g/mol. The number of fused-ring (bicyclic) bond motifs is 1. The van der Waals surface area contributed by atoms with Crippen LogP contribution in [0.25, 0.3) is 0 Å². The number of likely N-dealkylation sites (tertiary alicyclic amines) is 1. The number of H-pyrrole nitrogens is 1. The number of nitrogens with zero attached hydrogens (tertiary/aromatic N) is 2. The fourth-order valence-electron chi connectivity index (χ4n) is 2.84. The molecule has 2 saturated heterocycles. The predicted molar refractivity (Wildman–Crippen MR) is 71.0 cm³/mol. The second-order valence-electron chi connectivity index (χ2n) is 5.02. The predicted octanol–water partition coefficient (Wildman–Crippen LogP) is 0.685. The Morgan fingerprint density at radius 2 is 2.11 bits per heavy atom. The number of hydrogen-bond acceptors (Lipinski definition) is 3. The lowest BCUT2D eigenvalue weighted by atomic mass is 10.0. The van der Waals surface area contributed by atoms with Crippen LogP contribution >= 0.6 is 12.4 Å². The molecule has 3 heterocycles. The highest BCUT2D eigenvalue weighted by Crippen LogP contribution is 2.27. The number of amides is 1. The summed E-state index contributed by atoms with van der Waals surface area (Å²) in [7, 11) is 0. The van der Waals surface area contributed by atoms with Crippen molar-refractivity contribution < 1.29 is 4.79 Å². The summed E-state index contributed by atoms with van der Waals surface area (Å²) < 4.78 is 0. The molecule has 0 spiro atoms. The first kappa shape index (κ1) is 13.4. The van der Waals surface area contributed by atoms with Gasteiger partial charge in [-0.15, -0.1) is 12.4 Å². The van der Waals surface area contributed by atoms with Gasteiger partial charge in [-0.05, 0) is 24.3 Å². The third kappa shape index (κ3) is 2.24. The van der Waals surface area contributed by atoms with Crippen molar-refractivity contribution in [2.75, 3.05) is 26.2 Å². The highest BCUT2D eigenvalue weighted by molar-refractivity contribution is 5.92. The van der Waals surface area contributed by atoms with E-state index >= 15 is 0 Å². The van der Waals surface area contributed by atoms with Crippen LogP contribution in [0.15, 0.2) is 6.07 Å². The van der Waals surface area contributed by atoms with Crippen molar-refractivity contribution >= 4 is 18.3 Å². The van der Waals surface area contributed by atoms with Gasteiger partial charge in [0.25, 0.3) is 5.91 Å². The van der Waals surface area contributed by atoms with Crippen molar-refractivity contribution in [1.29, 1.82) is 0 Å². The number of carbonyl (C=O) groups is 1. The normalized spacial score (nSPS) is 25.9. The van der Waals surface area contributed by atoms with Gasteiger partial charge < -0.3 is 10.2 Å². The van der Waals surface area contributed by atoms with E-state index in [1.54, 1.807) is 0 Å². The summed E-state index contributed by atoms with van der Waals surface area (Å²) >= 11 is 0. The van der Waals surface area contributed by atoms with Crippen molar-refractivity contribution in [2.45, 2.75) is 13.3 Å². The lowest BCUT2D eigenvalue weighted by Crippen LogP contribution is -2.32. The first-order valence-electron chi connectivity index (χ1n) is 6.32. The van der Waals surface area contributed by atoms with E-state index in [4.69, 9.17) is 0 Å². The Kier molecular flexibility index (Phi) is 3.92. The molecule has 1 aromatic heterocycles. The van der Waals surface area contributed by atoms with Gasteiger partial charge in [-0.3, -0.25) is 9.89 Å². The highest BCUT2D eigenvalue weighted by Gasteiger charge is 2.38. The molecule has 0 bridgehead atoms. The molecule has 1 amide bonds. The minimum Gasteiger partial charge on any atom is -0.337 e. The SMILES string of the molecule is CCc1cc(C(=O)N2C[C@H]3CNC[C@H]3C2)n[nH]1.Cl. The second kappa shape index (κ2) is 5.28. The lowest BCUT2D eigenvalue weighted by Gasteiger charge is -2.15. The molecule has 6 heteroatoms. The third-order valence-corrected chi connectivity index (χ3v) is 3.91. The number of halogens is 1. The second-order valence-corrected chi connectivity index (χ2v) is 5.02. The zero-order chi connectivity index (χ0) is 11.8. The zero-order valence-corrected chi connectivity index (χ0v) is 11.3. The van der Waals surface area contributed by atoms with Gasteiger partial charge in [-0.2, -0.15) is 5.10 Å². The molecule has 2 aliphatic heterocycles. The maximum Gasteiger partial charge on any atom is 0.274 e. The average Bonchev–Trinajstić information content (AvgIpc) is 3.02. The van der Waals surface area contributed by atoms with E-state index in [0.717, 1.165) is 38.3 Å². The monoisotopic (exact) mass is 270 g/mol. The molecule has 3 rings (SSSR count). The summed E-state index contributed by atoms with van der Waals surface area (Å²) in [5.41, 5.74) is 1.59. The summed E-state index contributed by atoms with van der Waals surface area (Å²) in [6.07, 6.45) is 0.884. The quantitative estimate of drug-likeness (QED) is 0.831. The van der Waals surface area contributed by atoms with Gasteiger partial charge in [0.2, 0.25) is 0 Å². The van der Waals surface area contributed by atoms with Crippen molar-refractivity contribution in [3.8, 4) is 0 Å². The largest absolute Gasteiger partial charge is 0.337 e. The smallest absolute Gasteiger partial charge is 0.274 e. The number of aromatic nitrogens is 2. The molecule has 2 atom stereocenters. The molecular weight excluding hydrogens is 252 g/mol. The maximum absolute atomic E-state index is 12.2. The van der Waals surface area contributed by atoms with E-state index in [0.29, 0.717) is 17.5 Å². The van der Waals surface area contributed by atoms with Crippen LogP contribution in [0, 0.1) is 11.8 Å². The molecule has 5 nitrogen and oxygen atoms in total. The van der Waals surface area contributed by atoms with Crippen LogP contribution < -0.4 is 5.32 Å². The number of aromatic amines is 1. The summed E-state index contributed by atoms with van der Waals surface area (Å²) in [5, 5.41) is 10.4. The zero-order valence-electron chi connectivity index (χ0n) is 10.5. The van der Waals surface area contributed by atoms with E-state index in [1.165, 1.54) is 0 Å². The summed E-state index contributed by atoms with van der Waals surface area (Å²) in [4.78, 5) is 14.2. The Hall–Kier alpha value is -1.07. The van der Waals surface area contributed by atoms with Gasteiger partial charge in [-0.1, -0.05) is 6.92 Å². The van der Waals surface area contributed by atoms with Crippen LogP contribution in [-0.2, 0) is 6.42 Å². The Balaban J connectivity index is 0.00000120. The first-order valence-corrected chi connectivity index (χ1v) is 6.32. The van der Waals surface area contributed by atoms with Crippen LogP contribution in [-0.4, -0.2) is 47.2 Å². The van der Waals surface area contributed by atoms with Gasteiger partial charge in [0.1, 0.15) is 5.69 Å². The number of rotatable bonds is 2. The Bertz CT molecular complexity index is 421. The molecule has 0 aliphatic carbocycles. The van der Waals surface area contributed by atoms with E-state index in [-0.39, 0.29) is 18.3 Å². The first-order chi connectivity index (χ1) is 8.28. The van der Waals surface area contributed by atoms with Gasteiger partial charge in [-0.25, -0.2) is 0 Å². The highest BCUT2D eigenvalue weighted by atomic mass is 35.5. The molecule has 18 heavy (non-hydrogen) atoms. The van der Waals surface area contributed by atoms with Crippen molar-refractivity contribution in [3.05, 3.63) is 17.5 Å². The molecular formula is C12H19ClN4O. The molecule has 2 N–H and O–H groups in total. The molecule has 0 radical (unpaired) electrons. The summed E-state index contributed by atoms with van der Waals surface area (Å²) in [6, 6.07) is 1.87. The standard InChI is InChI=1S/C12H18N4O.ClH/c1-2-10-3-11(15-14-10)12(17)16-6-8-4-13-5-9(8)7-16;/h3,8-9,13H,2,4-7H2,1H3,(H,14,15);1H/t8-,9+;. The van der Waals surface area contributed by atoms with Crippen LogP contribution in [0.5, 0.6) is 0 Å². The number of aryl methyl sites for hydroxylation is 1. The molecule has 100 valence electrons. The Morgan fingerprint density at radius 1 is 1.44 bits per heavy atom. The molecule has 0 unspecified atom stereocenters. The van der Waals surface area contributed by atoms with Gasteiger partial charge >= 0.3 is 0 Å². The number of nitrogens with one attached hydrogen (secondary N) is 2. The van der Waals surface area contributed by atoms with Gasteiger partial charge in [0, 0.05) is 31.9 Å². The van der Waals surface area contributed by atoms with E-state index in [9.17, 15) is 4.79 Å².